The summed E-state index contributed by atoms with van der Waals surface area (Å²) >= 11 is 1.76. The third kappa shape index (κ3) is 3.85. The SMILES string of the molecule is CSc1ccc(C(N)Cc2cc(C)cc(C)c2)cc1. The summed E-state index contributed by atoms with van der Waals surface area (Å²) in [7, 11) is 0. The number of rotatable bonds is 4. The van der Waals surface area contributed by atoms with E-state index in [-0.39, 0.29) is 6.04 Å². The van der Waals surface area contributed by atoms with Gasteiger partial charge in [0.25, 0.3) is 0 Å². The molecular weight excluding hydrogens is 250 g/mol. The third-order valence-electron chi connectivity index (χ3n) is 3.28. The lowest BCUT2D eigenvalue weighted by Gasteiger charge is -2.13. The molecule has 0 aromatic heterocycles. The Labute approximate surface area is 120 Å². The molecule has 0 bridgehead atoms. The van der Waals surface area contributed by atoms with Crippen molar-refractivity contribution in [3.8, 4) is 0 Å². The molecule has 1 atom stereocenters. The van der Waals surface area contributed by atoms with Crippen molar-refractivity contribution in [1.82, 2.24) is 0 Å². The highest BCUT2D eigenvalue weighted by molar-refractivity contribution is 7.98. The highest BCUT2D eigenvalue weighted by atomic mass is 32.2. The van der Waals surface area contributed by atoms with Crippen molar-refractivity contribution in [1.29, 1.82) is 0 Å². The van der Waals surface area contributed by atoms with Gasteiger partial charge >= 0.3 is 0 Å². The number of thioether (sulfide) groups is 1. The first-order chi connectivity index (χ1) is 9.08. The van der Waals surface area contributed by atoms with Crippen LogP contribution in [-0.2, 0) is 6.42 Å². The van der Waals surface area contributed by atoms with E-state index in [0.717, 1.165) is 6.42 Å². The van der Waals surface area contributed by atoms with Crippen LogP contribution in [-0.4, -0.2) is 6.26 Å². The van der Waals surface area contributed by atoms with Gasteiger partial charge in [0.05, 0.1) is 0 Å². The Morgan fingerprint density at radius 3 is 2.11 bits per heavy atom. The predicted octanol–water partition coefficient (Wildman–Crippen LogP) is 4.27. The summed E-state index contributed by atoms with van der Waals surface area (Å²) in [5, 5.41) is 0. The molecule has 0 fully saturated rings. The molecule has 2 heteroatoms. The summed E-state index contributed by atoms with van der Waals surface area (Å²) in [4.78, 5) is 1.28. The minimum atomic E-state index is 0.0668. The van der Waals surface area contributed by atoms with Gasteiger partial charge in [-0.1, -0.05) is 41.5 Å². The van der Waals surface area contributed by atoms with Gasteiger partial charge in [0.15, 0.2) is 0 Å². The second kappa shape index (κ2) is 6.27. The van der Waals surface area contributed by atoms with E-state index in [1.165, 1.54) is 27.1 Å². The summed E-state index contributed by atoms with van der Waals surface area (Å²) < 4.78 is 0. The van der Waals surface area contributed by atoms with Gasteiger partial charge in [-0.3, -0.25) is 0 Å². The first-order valence-electron chi connectivity index (χ1n) is 6.55. The number of hydrogen-bond donors (Lipinski definition) is 1. The number of aryl methyl sites for hydroxylation is 2. The zero-order valence-electron chi connectivity index (χ0n) is 11.8. The molecule has 0 spiro atoms. The molecule has 0 aliphatic carbocycles. The Balaban J connectivity index is 2.13. The second-order valence-corrected chi connectivity index (χ2v) is 5.96. The second-order valence-electron chi connectivity index (χ2n) is 5.08. The largest absolute Gasteiger partial charge is 0.324 e. The van der Waals surface area contributed by atoms with Crippen molar-refractivity contribution in [2.24, 2.45) is 5.73 Å². The molecule has 0 amide bonds. The molecule has 2 aromatic carbocycles. The van der Waals surface area contributed by atoms with Crippen molar-refractivity contribution in [2.45, 2.75) is 31.2 Å². The fourth-order valence-corrected chi connectivity index (χ4v) is 2.82. The maximum absolute atomic E-state index is 6.31. The standard InChI is InChI=1S/C17H21NS/c1-12-8-13(2)10-14(9-12)11-17(18)15-4-6-16(19-3)7-5-15/h4-10,17H,11,18H2,1-3H3. The van der Waals surface area contributed by atoms with Crippen LogP contribution in [0.2, 0.25) is 0 Å². The molecule has 2 rings (SSSR count). The molecule has 1 unspecified atom stereocenters. The fourth-order valence-electron chi connectivity index (χ4n) is 2.41. The molecule has 100 valence electrons. The Morgan fingerprint density at radius 2 is 1.58 bits per heavy atom. The molecule has 0 aliphatic heterocycles. The van der Waals surface area contributed by atoms with Gasteiger partial charge in [-0.05, 0) is 49.8 Å². The van der Waals surface area contributed by atoms with Crippen LogP contribution >= 0.6 is 11.8 Å². The summed E-state index contributed by atoms with van der Waals surface area (Å²) in [6.45, 7) is 4.27. The average molecular weight is 271 g/mol. The first-order valence-corrected chi connectivity index (χ1v) is 7.77. The third-order valence-corrected chi connectivity index (χ3v) is 4.02. The van der Waals surface area contributed by atoms with Crippen LogP contribution in [0.5, 0.6) is 0 Å². The van der Waals surface area contributed by atoms with Gasteiger partial charge < -0.3 is 5.73 Å². The van der Waals surface area contributed by atoms with E-state index >= 15 is 0 Å². The van der Waals surface area contributed by atoms with Crippen LogP contribution in [0.15, 0.2) is 47.4 Å². The van der Waals surface area contributed by atoms with Crippen LogP contribution < -0.4 is 5.73 Å². The summed E-state index contributed by atoms with van der Waals surface area (Å²) in [5.74, 6) is 0. The Kier molecular flexibility index (Phi) is 4.67. The molecule has 0 radical (unpaired) electrons. The molecule has 0 saturated carbocycles. The minimum Gasteiger partial charge on any atom is -0.324 e. The van der Waals surface area contributed by atoms with Gasteiger partial charge in [-0.25, -0.2) is 0 Å². The molecule has 1 nitrogen and oxygen atoms in total. The Morgan fingerprint density at radius 1 is 1.00 bits per heavy atom. The molecular formula is C17H21NS. The molecule has 0 heterocycles. The van der Waals surface area contributed by atoms with Crippen LogP contribution in [0, 0.1) is 13.8 Å². The van der Waals surface area contributed by atoms with E-state index in [1.807, 2.05) is 0 Å². The molecule has 0 saturated heterocycles. The smallest absolute Gasteiger partial charge is 0.0335 e. The van der Waals surface area contributed by atoms with Crippen LogP contribution in [0.4, 0.5) is 0 Å². The maximum Gasteiger partial charge on any atom is 0.0335 e. The monoisotopic (exact) mass is 271 g/mol. The lowest BCUT2D eigenvalue weighted by Crippen LogP contribution is -2.13. The number of hydrogen-bond acceptors (Lipinski definition) is 2. The van der Waals surface area contributed by atoms with Crippen molar-refractivity contribution >= 4 is 11.8 Å². The van der Waals surface area contributed by atoms with Crippen molar-refractivity contribution in [2.75, 3.05) is 6.26 Å². The predicted molar refractivity (Wildman–Crippen MR) is 84.8 cm³/mol. The van der Waals surface area contributed by atoms with Crippen molar-refractivity contribution in [3.63, 3.8) is 0 Å². The topological polar surface area (TPSA) is 26.0 Å². The van der Waals surface area contributed by atoms with E-state index in [0.29, 0.717) is 0 Å². The van der Waals surface area contributed by atoms with E-state index in [1.54, 1.807) is 11.8 Å². The van der Waals surface area contributed by atoms with E-state index in [4.69, 9.17) is 5.73 Å². The highest BCUT2D eigenvalue weighted by Gasteiger charge is 2.07. The van der Waals surface area contributed by atoms with E-state index in [9.17, 15) is 0 Å². The molecule has 0 aliphatic rings. The zero-order valence-corrected chi connectivity index (χ0v) is 12.6. The summed E-state index contributed by atoms with van der Waals surface area (Å²) in [5.41, 5.74) is 11.4. The lowest BCUT2D eigenvalue weighted by atomic mass is 9.97. The summed E-state index contributed by atoms with van der Waals surface area (Å²) in [6, 6.07) is 15.3. The lowest BCUT2D eigenvalue weighted by molar-refractivity contribution is 0.720. The number of nitrogens with two attached hydrogens (primary N) is 1. The van der Waals surface area contributed by atoms with Crippen molar-refractivity contribution < 1.29 is 0 Å². The van der Waals surface area contributed by atoms with Crippen LogP contribution in [0.25, 0.3) is 0 Å². The van der Waals surface area contributed by atoms with E-state index < -0.39 is 0 Å². The molecule has 19 heavy (non-hydrogen) atoms. The van der Waals surface area contributed by atoms with Crippen LogP contribution in [0.1, 0.15) is 28.3 Å². The van der Waals surface area contributed by atoms with Gasteiger partial charge in [0.2, 0.25) is 0 Å². The zero-order chi connectivity index (χ0) is 13.8. The Hall–Kier alpha value is -1.25. The van der Waals surface area contributed by atoms with Crippen molar-refractivity contribution in [3.05, 3.63) is 64.7 Å². The highest BCUT2D eigenvalue weighted by Crippen LogP contribution is 2.21. The first kappa shape index (κ1) is 14.2. The minimum absolute atomic E-state index is 0.0668. The Bertz CT molecular complexity index is 525. The fraction of sp³-hybridized carbons (Fsp3) is 0.294. The van der Waals surface area contributed by atoms with Gasteiger partial charge in [0, 0.05) is 10.9 Å². The van der Waals surface area contributed by atoms with Gasteiger partial charge in [-0.15, -0.1) is 11.8 Å². The maximum atomic E-state index is 6.31. The average Bonchev–Trinajstić information content (AvgIpc) is 2.37. The van der Waals surface area contributed by atoms with E-state index in [2.05, 4.69) is 62.6 Å². The van der Waals surface area contributed by atoms with Gasteiger partial charge in [-0.2, -0.15) is 0 Å². The number of benzene rings is 2. The normalized spacial score (nSPS) is 12.4. The quantitative estimate of drug-likeness (QED) is 0.840. The van der Waals surface area contributed by atoms with Crippen LogP contribution in [0.3, 0.4) is 0 Å². The molecule has 2 N–H and O–H groups in total. The van der Waals surface area contributed by atoms with Gasteiger partial charge in [0.1, 0.15) is 0 Å². The molecule has 2 aromatic rings. The summed E-state index contributed by atoms with van der Waals surface area (Å²) in [6.07, 6.45) is 2.98.